The molecule has 0 saturated carbocycles. The highest BCUT2D eigenvalue weighted by Gasteiger charge is 2.47. The molecule has 0 aromatic heterocycles. The molecule has 3 heterocycles. The van der Waals surface area contributed by atoms with Crippen LogP contribution in [0.2, 0.25) is 0 Å². The topological polar surface area (TPSA) is 190 Å². The van der Waals surface area contributed by atoms with Crippen LogP contribution < -0.4 is 36.6 Å². The van der Waals surface area contributed by atoms with Crippen LogP contribution in [0.25, 0.3) is 0 Å². The van der Waals surface area contributed by atoms with Crippen LogP contribution in [0.4, 0.5) is 0 Å². The number of ether oxygens (including phenoxy) is 1. The Hall–Kier alpha value is -5.80. The number of benzene rings is 3. The number of fused-ring (bicyclic) bond motifs is 3. The summed E-state index contributed by atoms with van der Waals surface area (Å²) in [4.78, 5) is 89.4. The fraction of sp³-hybridized carbons (Fsp3) is 0.556. The average Bonchev–Trinajstić information content (AvgIpc) is 3.79. The number of nitrogens with zero attached hydrogens (tertiary/aromatic N) is 2. The van der Waals surface area contributed by atoms with E-state index in [-0.39, 0.29) is 73.0 Å². The number of carbonyl (C=O) groups excluding carboxylic acids is 6. The number of amides is 6. The minimum absolute atomic E-state index is 0.0939. The van der Waals surface area contributed by atoms with Gasteiger partial charge in [0.1, 0.15) is 29.9 Å². The number of likely N-dealkylation sites (tertiary alicyclic amines) is 1. The van der Waals surface area contributed by atoms with Crippen molar-refractivity contribution in [3.63, 3.8) is 0 Å². The van der Waals surface area contributed by atoms with E-state index in [4.69, 9.17) is 4.74 Å². The molecule has 7 rings (SSSR count). The van der Waals surface area contributed by atoms with Crippen LogP contribution in [-0.4, -0.2) is 109 Å². The molecular weight excluding hydrogens is 873 g/mol. The second kappa shape index (κ2) is 21.1. The van der Waals surface area contributed by atoms with Gasteiger partial charge >= 0.3 is 0 Å². The highest BCUT2D eigenvalue weighted by Crippen LogP contribution is 2.39. The first kappa shape index (κ1) is 51.1. The third-order valence-corrected chi connectivity index (χ3v) is 14.7. The van der Waals surface area contributed by atoms with Crippen LogP contribution in [-0.2, 0) is 48.2 Å². The number of aryl methyl sites for hydroxylation is 1. The van der Waals surface area contributed by atoms with Gasteiger partial charge in [0.05, 0.1) is 30.8 Å². The highest BCUT2D eigenvalue weighted by molar-refractivity contribution is 5.95. The van der Waals surface area contributed by atoms with E-state index in [0.717, 1.165) is 47.1 Å². The monoisotopic (exact) mass is 947 g/mol. The highest BCUT2D eigenvalue weighted by atomic mass is 16.5. The molecule has 3 aliphatic heterocycles. The lowest BCUT2D eigenvalue weighted by atomic mass is 9.83. The molecule has 1 aliphatic carbocycles. The van der Waals surface area contributed by atoms with E-state index in [2.05, 4.69) is 50.1 Å². The average molecular weight is 947 g/mol. The first-order valence-corrected chi connectivity index (χ1v) is 24.8. The van der Waals surface area contributed by atoms with Gasteiger partial charge in [-0.05, 0) is 98.3 Å². The lowest BCUT2D eigenvalue weighted by Crippen LogP contribution is -2.62. The van der Waals surface area contributed by atoms with Crippen molar-refractivity contribution in [2.24, 2.45) is 10.8 Å². The van der Waals surface area contributed by atoms with E-state index in [1.54, 1.807) is 37.7 Å². The zero-order valence-corrected chi connectivity index (χ0v) is 42.2. The van der Waals surface area contributed by atoms with Crippen LogP contribution >= 0.6 is 0 Å². The number of likely N-dealkylation sites (N-methyl/N-ethyl adjacent to an activating group) is 2. The Labute approximate surface area is 408 Å². The summed E-state index contributed by atoms with van der Waals surface area (Å²) in [5.41, 5.74) is 4.41. The van der Waals surface area contributed by atoms with Crippen LogP contribution in [0.1, 0.15) is 132 Å². The molecular formula is C54H74N8O7. The van der Waals surface area contributed by atoms with Crippen LogP contribution in [0.15, 0.2) is 66.7 Å². The number of carbonyl (C=O) groups is 6. The summed E-state index contributed by atoms with van der Waals surface area (Å²) >= 11 is 0. The summed E-state index contributed by atoms with van der Waals surface area (Å²) in [5, 5.41) is 18.5. The largest absolute Gasteiger partial charge is 0.493 e. The Morgan fingerprint density at radius 1 is 0.652 bits per heavy atom. The van der Waals surface area contributed by atoms with Crippen LogP contribution in [0.5, 0.6) is 5.75 Å². The lowest BCUT2D eigenvalue weighted by molar-refractivity contribution is -0.147. The predicted molar refractivity (Wildman–Crippen MR) is 265 cm³/mol. The number of hydrogen-bond acceptors (Lipinski definition) is 9. The van der Waals surface area contributed by atoms with Gasteiger partial charge in [0, 0.05) is 37.4 Å². The van der Waals surface area contributed by atoms with E-state index in [1.165, 1.54) is 5.56 Å². The van der Waals surface area contributed by atoms with Gasteiger partial charge in [-0.1, -0.05) is 102 Å². The second-order valence-corrected chi connectivity index (χ2v) is 21.7. The van der Waals surface area contributed by atoms with Crippen LogP contribution in [0.3, 0.4) is 0 Å². The van der Waals surface area contributed by atoms with Crippen molar-refractivity contribution >= 4 is 35.4 Å². The molecule has 15 nitrogen and oxygen atoms in total. The van der Waals surface area contributed by atoms with Crippen molar-refractivity contribution in [3.05, 3.63) is 100 Å². The third kappa shape index (κ3) is 11.3. The first-order valence-electron chi connectivity index (χ1n) is 24.8. The Morgan fingerprint density at radius 3 is 1.84 bits per heavy atom. The van der Waals surface area contributed by atoms with Gasteiger partial charge in [-0.25, -0.2) is 0 Å². The first-order chi connectivity index (χ1) is 32.7. The van der Waals surface area contributed by atoms with Crippen LogP contribution in [0, 0.1) is 10.8 Å². The van der Waals surface area contributed by atoms with E-state index in [0.29, 0.717) is 25.2 Å². The van der Waals surface area contributed by atoms with Gasteiger partial charge in [-0.2, -0.15) is 0 Å². The fourth-order valence-corrected chi connectivity index (χ4v) is 10.3. The summed E-state index contributed by atoms with van der Waals surface area (Å²) in [6.45, 7) is 15.6. The fourth-order valence-electron chi connectivity index (χ4n) is 10.3. The maximum absolute atomic E-state index is 15.1. The van der Waals surface area contributed by atoms with Crippen molar-refractivity contribution in [2.45, 2.75) is 155 Å². The van der Waals surface area contributed by atoms with Crippen molar-refractivity contribution in [3.8, 4) is 5.75 Å². The van der Waals surface area contributed by atoms with Crippen molar-refractivity contribution < 1.29 is 33.5 Å². The Bertz CT molecular complexity index is 2410. The Morgan fingerprint density at radius 2 is 1.22 bits per heavy atom. The summed E-state index contributed by atoms with van der Waals surface area (Å²) in [5.74, 6) is -1.45. The van der Waals surface area contributed by atoms with Crippen molar-refractivity contribution in [1.82, 2.24) is 41.7 Å². The minimum Gasteiger partial charge on any atom is -0.493 e. The molecule has 3 aromatic rings. The molecule has 3 aromatic carbocycles. The second-order valence-electron chi connectivity index (χ2n) is 21.7. The quantitative estimate of drug-likeness (QED) is 0.141. The zero-order chi connectivity index (χ0) is 49.9. The number of nitrogens with one attached hydrogen (secondary N) is 6. The summed E-state index contributed by atoms with van der Waals surface area (Å²) in [6.07, 6.45) is 3.79. The normalized spacial score (nSPS) is 22.8. The molecule has 0 bridgehead atoms. The molecule has 372 valence electrons. The Balaban J connectivity index is 1.22. The maximum atomic E-state index is 15.1. The van der Waals surface area contributed by atoms with E-state index < -0.39 is 47.1 Å². The Kier molecular flexibility index (Phi) is 15.6. The van der Waals surface area contributed by atoms with Gasteiger partial charge in [0.15, 0.2) is 0 Å². The van der Waals surface area contributed by atoms with Gasteiger partial charge in [-0.3, -0.25) is 28.8 Å². The van der Waals surface area contributed by atoms with Crippen molar-refractivity contribution in [2.75, 3.05) is 27.2 Å². The molecule has 9 atom stereocenters. The van der Waals surface area contributed by atoms with E-state index >= 15 is 4.79 Å². The third-order valence-electron chi connectivity index (χ3n) is 14.7. The summed E-state index contributed by atoms with van der Waals surface area (Å²) in [7, 11) is 3.37. The summed E-state index contributed by atoms with van der Waals surface area (Å²) < 4.78 is 5.89. The molecule has 0 radical (unpaired) electrons. The number of hydrogen-bond donors (Lipinski definition) is 6. The smallest absolute Gasteiger partial charge is 0.246 e. The van der Waals surface area contributed by atoms with Gasteiger partial charge in [0.2, 0.25) is 35.4 Å². The number of rotatable bonds is 13. The maximum Gasteiger partial charge on any atom is 0.246 e. The molecule has 6 amide bonds. The van der Waals surface area contributed by atoms with Crippen molar-refractivity contribution in [1.29, 1.82) is 0 Å². The predicted octanol–water partition coefficient (Wildman–Crippen LogP) is 4.74. The van der Waals surface area contributed by atoms with Gasteiger partial charge in [-0.15, -0.1) is 0 Å². The standard InChI is InChI=1S/C54H74N8O7/c1-31(55-9)47(63)59-45(53(3,4)5)51(67)61-29-36-26-34(22-23-35(36)27-42(61)49(65)58-41-24-25-69-44-21-14-13-19-39(41)44)37-28-43(50(66)57-40-20-15-17-33-16-11-12-18-38(33)40)62(30-37)52(68)46(54(6,7)8)60-48(64)32(2)56-10/h11-14,16,18-19,21-23,26,31-32,37,40-43,45-46,55-56H,15,17,20,24-25,27-30H2,1-10H3,(H,57,66)(H,58,65)(H,59,63)(H,60,64)/t31-,32-,37?,40+,41?,42?,43-,45?,46?/m0/s1. The molecule has 0 spiro atoms. The molecule has 1 fully saturated rings. The van der Waals surface area contributed by atoms with Gasteiger partial charge in [0.25, 0.3) is 0 Å². The zero-order valence-electron chi connectivity index (χ0n) is 42.2. The summed E-state index contributed by atoms with van der Waals surface area (Å²) in [6, 6.07) is 16.7. The molecule has 15 heteroatoms. The lowest BCUT2D eigenvalue weighted by Gasteiger charge is -2.42. The SMILES string of the molecule is CN[C@@H](C)C(=O)NC(C(=O)N1Cc2cc(C3C[C@@H](C(=O)N[C@@H]4CCCc5ccccc54)N(C(=O)C(NC(=O)[C@H](C)NC)C(C)(C)C)C3)ccc2CC1C(=O)NC1CCOc2ccccc21)C(C)(C)C. The molecule has 6 N–H and O–H groups in total. The molecule has 69 heavy (non-hydrogen) atoms. The molecule has 1 saturated heterocycles. The number of para-hydroxylation sites is 1. The molecule has 5 unspecified atom stereocenters. The van der Waals surface area contributed by atoms with Gasteiger partial charge < -0.3 is 46.4 Å². The van der Waals surface area contributed by atoms with E-state index in [9.17, 15) is 24.0 Å². The van der Waals surface area contributed by atoms with E-state index in [1.807, 2.05) is 90.1 Å². The minimum atomic E-state index is -0.957. The molecule has 4 aliphatic rings.